The Morgan fingerprint density at radius 1 is 0.938 bits per heavy atom. The summed E-state index contributed by atoms with van der Waals surface area (Å²) in [6.07, 6.45) is 1.69. The number of nitrogens with zero attached hydrogens (tertiary/aromatic N) is 1. The van der Waals surface area contributed by atoms with Gasteiger partial charge >= 0.3 is 0 Å². The first kappa shape index (κ1) is 22.0. The highest BCUT2D eigenvalue weighted by molar-refractivity contribution is 7.89. The first-order valence-corrected chi connectivity index (χ1v) is 12.2. The van der Waals surface area contributed by atoms with Gasteiger partial charge in [-0.1, -0.05) is 42.5 Å². The van der Waals surface area contributed by atoms with Crippen molar-refractivity contribution in [3.05, 3.63) is 78.4 Å². The third kappa shape index (κ3) is 4.69. The molecule has 0 aliphatic carbocycles. The molecular weight excluding hydrogens is 424 g/mol. The van der Waals surface area contributed by atoms with Crippen molar-refractivity contribution in [1.29, 1.82) is 0 Å². The van der Waals surface area contributed by atoms with Crippen LogP contribution in [0.5, 0.6) is 5.75 Å². The van der Waals surface area contributed by atoms with Crippen molar-refractivity contribution < 1.29 is 17.9 Å². The van der Waals surface area contributed by atoms with Crippen LogP contribution in [-0.4, -0.2) is 38.3 Å². The van der Waals surface area contributed by atoms with Crippen molar-refractivity contribution in [2.75, 3.05) is 25.0 Å². The summed E-state index contributed by atoms with van der Waals surface area (Å²) in [6.45, 7) is 3.15. The number of carbonyl (C=O) groups excluding carboxylic acids is 1. The van der Waals surface area contributed by atoms with Crippen molar-refractivity contribution in [2.24, 2.45) is 0 Å². The molecule has 1 N–H and O–H groups in total. The maximum atomic E-state index is 13.1. The quantitative estimate of drug-likeness (QED) is 0.562. The molecular formula is C25H26N2O4S. The lowest BCUT2D eigenvalue weighted by atomic mass is 10.0. The summed E-state index contributed by atoms with van der Waals surface area (Å²) >= 11 is 0. The van der Waals surface area contributed by atoms with Crippen LogP contribution in [0.15, 0.2) is 77.7 Å². The summed E-state index contributed by atoms with van der Waals surface area (Å²) in [5.74, 6) is -0.0112. The molecule has 4 rings (SSSR count). The lowest BCUT2D eigenvalue weighted by molar-refractivity contribution is 0.102. The summed E-state index contributed by atoms with van der Waals surface area (Å²) in [7, 11) is -3.69. The molecule has 1 heterocycles. The SMILES string of the molecule is CCOc1ccc(NC(=O)c2ccc(-c3ccccc3)cc2)cc1S(=O)(=O)N1CCCC1. The van der Waals surface area contributed by atoms with E-state index in [-0.39, 0.29) is 10.8 Å². The normalized spacial score (nSPS) is 14.3. The Morgan fingerprint density at radius 3 is 2.25 bits per heavy atom. The maximum Gasteiger partial charge on any atom is 0.255 e. The van der Waals surface area contributed by atoms with Gasteiger partial charge in [0.05, 0.1) is 6.61 Å². The number of sulfonamides is 1. The number of hydrogen-bond donors (Lipinski definition) is 1. The zero-order valence-electron chi connectivity index (χ0n) is 18.0. The molecule has 0 radical (unpaired) electrons. The Bertz CT molecular complexity index is 1190. The molecule has 1 amide bonds. The van der Waals surface area contributed by atoms with E-state index in [1.807, 2.05) is 42.5 Å². The minimum absolute atomic E-state index is 0.0819. The second-order valence-electron chi connectivity index (χ2n) is 7.60. The van der Waals surface area contributed by atoms with Crippen LogP contribution in [0.2, 0.25) is 0 Å². The van der Waals surface area contributed by atoms with E-state index in [1.165, 1.54) is 10.4 Å². The van der Waals surface area contributed by atoms with E-state index in [9.17, 15) is 13.2 Å². The van der Waals surface area contributed by atoms with Crippen molar-refractivity contribution >= 4 is 21.6 Å². The summed E-state index contributed by atoms with van der Waals surface area (Å²) < 4.78 is 33.3. The van der Waals surface area contributed by atoms with E-state index < -0.39 is 10.0 Å². The molecule has 0 unspecified atom stereocenters. The Kier molecular flexibility index (Phi) is 6.58. The molecule has 3 aromatic carbocycles. The van der Waals surface area contributed by atoms with E-state index in [2.05, 4.69) is 5.32 Å². The fourth-order valence-electron chi connectivity index (χ4n) is 3.78. The lowest BCUT2D eigenvalue weighted by Crippen LogP contribution is -2.28. The maximum absolute atomic E-state index is 13.1. The van der Waals surface area contributed by atoms with Gasteiger partial charge in [0.15, 0.2) is 0 Å². The predicted molar refractivity (Wildman–Crippen MR) is 125 cm³/mol. The number of ether oxygens (including phenoxy) is 1. The van der Waals surface area contributed by atoms with Gasteiger partial charge in [-0.15, -0.1) is 0 Å². The summed E-state index contributed by atoms with van der Waals surface area (Å²) in [4.78, 5) is 12.9. The number of nitrogens with one attached hydrogen (secondary N) is 1. The molecule has 1 aliphatic heterocycles. The molecule has 0 saturated carbocycles. The monoisotopic (exact) mass is 450 g/mol. The third-order valence-corrected chi connectivity index (χ3v) is 7.36. The van der Waals surface area contributed by atoms with E-state index in [0.717, 1.165) is 24.0 Å². The zero-order chi connectivity index (χ0) is 22.6. The minimum Gasteiger partial charge on any atom is -0.492 e. The highest BCUT2D eigenvalue weighted by Crippen LogP contribution is 2.32. The number of rotatable bonds is 7. The Balaban J connectivity index is 1.57. The molecule has 0 bridgehead atoms. The van der Waals surface area contributed by atoms with Gasteiger partial charge in [-0.3, -0.25) is 4.79 Å². The second kappa shape index (κ2) is 9.54. The smallest absolute Gasteiger partial charge is 0.255 e. The van der Waals surface area contributed by atoms with Gasteiger partial charge in [0, 0.05) is 24.3 Å². The van der Waals surface area contributed by atoms with Crippen LogP contribution in [-0.2, 0) is 10.0 Å². The highest BCUT2D eigenvalue weighted by atomic mass is 32.2. The fourth-order valence-corrected chi connectivity index (χ4v) is 5.45. The third-order valence-electron chi connectivity index (χ3n) is 5.44. The first-order valence-electron chi connectivity index (χ1n) is 10.7. The van der Waals surface area contributed by atoms with Crippen molar-refractivity contribution in [2.45, 2.75) is 24.7 Å². The Morgan fingerprint density at radius 2 is 1.59 bits per heavy atom. The van der Waals surface area contributed by atoms with Crippen molar-refractivity contribution in [1.82, 2.24) is 4.31 Å². The standard InChI is InChI=1S/C25H26N2O4S/c1-2-31-23-15-14-22(18-24(23)32(29,30)27-16-6-7-17-27)26-25(28)21-12-10-20(11-13-21)19-8-4-3-5-9-19/h3-5,8-15,18H,2,6-7,16-17H2,1H3,(H,26,28). The molecule has 1 saturated heterocycles. The molecule has 0 spiro atoms. The van der Waals surface area contributed by atoms with Crippen molar-refractivity contribution in [3.63, 3.8) is 0 Å². The molecule has 1 fully saturated rings. The Labute approximate surface area is 188 Å². The molecule has 0 atom stereocenters. The van der Waals surface area contributed by atoms with Crippen LogP contribution in [0, 0.1) is 0 Å². The molecule has 32 heavy (non-hydrogen) atoms. The summed E-state index contributed by atoms with van der Waals surface area (Å²) in [6, 6.07) is 22.0. The van der Waals surface area contributed by atoms with Gasteiger partial charge in [0.1, 0.15) is 10.6 Å². The minimum atomic E-state index is -3.69. The molecule has 3 aromatic rings. The first-order chi connectivity index (χ1) is 15.5. The number of carbonyl (C=O) groups is 1. The van der Waals surface area contributed by atoms with Crippen LogP contribution in [0.4, 0.5) is 5.69 Å². The second-order valence-corrected chi connectivity index (χ2v) is 9.51. The van der Waals surface area contributed by atoms with Gasteiger partial charge in [-0.25, -0.2) is 8.42 Å². The fraction of sp³-hybridized carbons (Fsp3) is 0.240. The van der Waals surface area contributed by atoms with Gasteiger partial charge in [-0.05, 0) is 61.2 Å². The number of amides is 1. The van der Waals surface area contributed by atoms with Gasteiger partial charge in [0.2, 0.25) is 10.0 Å². The lowest BCUT2D eigenvalue weighted by Gasteiger charge is -2.19. The summed E-state index contributed by atoms with van der Waals surface area (Å²) in [5.41, 5.74) is 2.98. The highest BCUT2D eigenvalue weighted by Gasteiger charge is 2.30. The van der Waals surface area contributed by atoms with Gasteiger partial charge in [-0.2, -0.15) is 4.31 Å². The average Bonchev–Trinajstić information content (AvgIpc) is 3.37. The topological polar surface area (TPSA) is 75.7 Å². The average molecular weight is 451 g/mol. The van der Waals surface area contributed by atoms with Crippen LogP contribution in [0.1, 0.15) is 30.1 Å². The van der Waals surface area contributed by atoms with Gasteiger partial charge in [0.25, 0.3) is 5.91 Å². The van der Waals surface area contributed by atoms with Crippen LogP contribution >= 0.6 is 0 Å². The Hall–Kier alpha value is -3.16. The van der Waals surface area contributed by atoms with E-state index in [4.69, 9.17) is 4.74 Å². The van der Waals surface area contributed by atoms with Crippen LogP contribution < -0.4 is 10.1 Å². The van der Waals surface area contributed by atoms with Gasteiger partial charge < -0.3 is 10.1 Å². The number of anilines is 1. The van der Waals surface area contributed by atoms with Crippen LogP contribution in [0.3, 0.4) is 0 Å². The molecule has 1 aliphatic rings. The number of benzene rings is 3. The largest absolute Gasteiger partial charge is 0.492 e. The molecule has 166 valence electrons. The molecule has 6 nitrogen and oxygen atoms in total. The number of hydrogen-bond acceptors (Lipinski definition) is 4. The zero-order valence-corrected chi connectivity index (χ0v) is 18.8. The molecule has 7 heteroatoms. The van der Waals surface area contributed by atoms with E-state index in [1.54, 1.807) is 31.2 Å². The van der Waals surface area contributed by atoms with E-state index >= 15 is 0 Å². The molecule has 0 aromatic heterocycles. The summed E-state index contributed by atoms with van der Waals surface area (Å²) in [5, 5.41) is 2.81. The van der Waals surface area contributed by atoms with Crippen LogP contribution in [0.25, 0.3) is 11.1 Å². The van der Waals surface area contributed by atoms with Crippen molar-refractivity contribution in [3.8, 4) is 16.9 Å². The predicted octanol–water partition coefficient (Wildman–Crippen LogP) is 4.79. The van der Waals surface area contributed by atoms with E-state index in [0.29, 0.717) is 36.7 Å².